The summed E-state index contributed by atoms with van der Waals surface area (Å²) in [4.78, 5) is 12.1. The summed E-state index contributed by atoms with van der Waals surface area (Å²) in [5, 5.41) is 20.2. The predicted molar refractivity (Wildman–Crippen MR) is 75.9 cm³/mol. The van der Waals surface area contributed by atoms with Gasteiger partial charge in [0, 0.05) is 8.81 Å². The Balaban J connectivity index is 1.90. The number of nitrogen functional groups attached to an aromatic ring is 1. The number of fused-ring (bicyclic) bond motifs is 1. The van der Waals surface area contributed by atoms with E-state index in [0.29, 0.717) is 11.2 Å². The number of ether oxygens (including phenoxy) is 1. The maximum atomic E-state index is 10.2. The molecule has 0 bridgehead atoms. The van der Waals surface area contributed by atoms with Gasteiger partial charge in [-0.2, -0.15) is 0 Å². The van der Waals surface area contributed by atoms with Gasteiger partial charge in [0.05, 0.1) is 12.9 Å². The smallest absolute Gasteiger partial charge is 0.167 e. The van der Waals surface area contributed by atoms with E-state index in [2.05, 4.69) is 15.0 Å². The van der Waals surface area contributed by atoms with Crippen LogP contribution >= 0.6 is 8.81 Å². The zero-order valence-electron chi connectivity index (χ0n) is 11.2. The summed E-state index contributed by atoms with van der Waals surface area (Å²) in [6, 6.07) is 0. The highest BCUT2D eigenvalue weighted by molar-refractivity contribution is 7.31. The van der Waals surface area contributed by atoms with Crippen LogP contribution in [0.5, 0.6) is 0 Å². The van der Waals surface area contributed by atoms with Gasteiger partial charge in [0.25, 0.3) is 0 Å². The standard InChI is InChI=1S/C11H16N5O4P/c1-21-19-2-5-7(17)8(18)11(20-5)16-4-15-6-9(12)13-3-14-10(6)16/h3-5,7-8,11,17-18,21H,2H2,1H3,(H2,12,13,14)/t5-,7?,8?,11-/m1/s1. The molecule has 0 radical (unpaired) electrons. The van der Waals surface area contributed by atoms with Gasteiger partial charge in [0.1, 0.15) is 30.2 Å². The van der Waals surface area contributed by atoms with Crippen molar-refractivity contribution in [3.63, 3.8) is 0 Å². The number of hydrogen-bond acceptors (Lipinski definition) is 8. The summed E-state index contributed by atoms with van der Waals surface area (Å²) in [7, 11) is 0.285. The highest BCUT2D eigenvalue weighted by Gasteiger charge is 2.44. The molecule has 21 heavy (non-hydrogen) atoms. The maximum absolute atomic E-state index is 10.2. The topological polar surface area (TPSA) is 129 Å². The highest BCUT2D eigenvalue weighted by Crippen LogP contribution is 2.32. The van der Waals surface area contributed by atoms with E-state index in [1.165, 1.54) is 17.2 Å². The van der Waals surface area contributed by atoms with Gasteiger partial charge < -0.3 is 25.2 Å². The van der Waals surface area contributed by atoms with Gasteiger partial charge in [-0.1, -0.05) is 0 Å². The molecular weight excluding hydrogens is 297 g/mol. The van der Waals surface area contributed by atoms with Crippen LogP contribution in [0.2, 0.25) is 0 Å². The van der Waals surface area contributed by atoms with E-state index in [-0.39, 0.29) is 21.2 Å². The molecule has 1 fully saturated rings. The van der Waals surface area contributed by atoms with Crippen LogP contribution in [0.1, 0.15) is 6.23 Å². The Kier molecular flexibility index (Phi) is 4.01. The lowest BCUT2D eigenvalue weighted by Crippen LogP contribution is -2.33. The van der Waals surface area contributed by atoms with Gasteiger partial charge in [-0.05, 0) is 6.66 Å². The summed E-state index contributed by atoms with van der Waals surface area (Å²) >= 11 is 0. The Bertz CT molecular complexity index is 638. The van der Waals surface area contributed by atoms with Gasteiger partial charge >= 0.3 is 0 Å². The van der Waals surface area contributed by atoms with E-state index in [1.807, 2.05) is 6.66 Å². The Hall–Kier alpha value is -1.38. The number of rotatable bonds is 4. The molecule has 10 heteroatoms. The zero-order valence-corrected chi connectivity index (χ0v) is 12.2. The summed E-state index contributed by atoms with van der Waals surface area (Å²) in [6.07, 6.45) is -0.773. The van der Waals surface area contributed by atoms with Crippen LogP contribution in [0.3, 0.4) is 0 Å². The molecule has 4 N–H and O–H groups in total. The van der Waals surface area contributed by atoms with Crippen LogP contribution in [0.4, 0.5) is 5.82 Å². The third-order valence-electron chi connectivity index (χ3n) is 3.39. The van der Waals surface area contributed by atoms with E-state index >= 15 is 0 Å². The Morgan fingerprint density at radius 1 is 1.38 bits per heavy atom. The fourth-order valence-corrected chi connectivity index (χ4v) is 2.65. The monoisotopic (exact) mass is 313 g/mol. The molecule has 3 unspecified atom stereocenters. The molecule has 5 atom stereocenters. The number of aromatic nitrogens is 4. The molecule has 2 aromatic heterocycles. The molecule has 0 aliphatic carbocycles. The first-order chi connectivity index (χ1) is 10.1. The normalized spacial score (nSPS) is 29.9. The van der Waals surface area contributed by atoms with Gasteiger partial charge in [0.15, 0.2) is 17.7 Å². The van der Waals surface area contributed by atoms with Crippen LogP contribution in [0.25, 0.3) is 11.2 Å². The maximum Gasteiger partial charge on any atom is 0.167 e. The Morgan fingerprint density at radius 2 is 2.19 bits per heavy atom. The third-order valence-corrected chi connectivity index (χ3v) is 3.85. The number of aliphatic hydroxyl groups is 2. The van der Waals surface area contributed by atoms with Crippen molar-refractivity contribution in [2.24, 2.45) is 0 Å². The molecule has 0 aromatic carbocycles. The lowest BCUT2D eigenvalue weighted by Gasteiger charge is -2.16. The first kappa shape index (κ1) is 14.6. The van der Waals surface area contributed by atoms with Crippen LogP contribution in [0.15, 0.2) is 12.7 Å². The first-order valence-electron chi connectivity index (χ1n) is 6.36. The lowest BCUT2D eigenvalue weighted by molar-refractivity contribution is -0.0458. The van der Waals surface area contributed by atoms with E-state index in [0.717, 1.165) is 0 Å². The van der Waals surface area contributed by atoms with Crippen LogP contribution in [-0.4, -0.2) is 61.3 Å². The Labute approximate surface area is 122 Å². The van der Waals surface area contributed by atoms with Crippen molar-refractivity contribution in [3.8, 4) is 0 Å². The molecule has 114 valence electrons. The molecule has 9 nitrogen and oxygen atoms in total. The van der Waals surface area contributed by atoms with Gasteiger partial charge in [-0.3, -0.25) is 4.57 Å². The van der Waals surface area contributed by atoms with Gasteiger partial charge in [0.2, 0.25) is 0 Å². The number of nitrogens with zero attached hydrogens (tertiary/aromatic N) is 4. The van der Waals surface area contributed by atoms with Crippen molar-refractivity contribution < 1.29 is 19.5 Å². The summed E-state index contributed by atoms with van der Waals surface area (Å²) in [6.45, 7) is 2.09. The van der Waals surface area contributed by atoms with E-state index in [9.17, 15) is 10.2 Å². The third kappa shape index (κ3) is 2.47. The number of imidazole rings is 1. The number of hydrogen-bond donors (Lipinski definition) is 3. The van der Waals surface area contributed by atoms with Crippen LogP contribution in [0, 0.1) is 0 Å². The summed E-state index contributed by atoms with van der Waals surface area (Å²) in [5.41, 5.74) is 6.60. The zero-order chi connectivity index (χ0) is 15.0. The second-order valence-corrected chi connectivity index (χ2v) is 5.34. The summed E-state index contributed by atoms with van der Waals surface area (Å²) < 4.78 is 12.5. The van der Waals surface area contributed by atoms with Gasteiger partial charge in [-0.15, -0.1) is 0 Å². The number of nitrogens with two attached hydrogens (primary N) is 1. The fourth-order valence-electron chi connectivity index (χ4n) is 2.32. The van der Waals surface area contributed by atoms with Crippen LogP contribution < -0.4 is 5.73 Å². The summed E-state index contributed by atoms with van der Waals surface area (Å²) in [5.74, 6) is 0.249. The van der Waals surface area contributed by atoms with Crippen molar-refractivity contribution in [1.29, 1.82) is 0 Å². The lowest BCUT2D eigenvalue weighted by atomic mass is 10.1. The average molecular weight is 313 g/mol. The quantitative estimate of drug-likeness (QED) is 0.630. The second-order valence-electron chi connectivity index (χ2n) is 4.64. The molecular formula is C11H16N5O4P. The van der Waals surface area contributed by atoms with E-state index < -0.39 is 24.5 Å². The molecule has 3 rings (SSSR count). The fraction of sp³-hybridized carbons (Fsp3) is 0.545. The number of aliphatic hydroxyl groups excluding tert-OH is 2. The highest BCUT2D eigenvalue weighted by atomic mass is 31.1. The minimum atomic E-state index is -1.10. The first-order valence-corrected chi connectivity index (χ1v) is 7.77. The van der Waals surface area contributed by atoms with Gasteiger partial charge in [-0.25, -0.2) is 15.0 Å². The minimum absolute atomic E-state index is 0.216. The minimum Gasteiger partial charge on any atom is -0.387 e. The average Bonchev–Trinajstić information content (AvgIpc) is 3.02. The van der Waals surface area contributed by atoms with Crippen molar-refractivity contribution in [3.05, 3.63) is 12.7 Å². The van der Waals surface area contributed by atoms with Crippen LogP contribution in [-0.2, 0) is 9.26 Å². The molecule has 3 heterocycles. The molecule has 0 spiro atoms. The Morgan fingerprint density at radius 3 is 2.95 bits per heavy atom. The molecule has 0 amide bonds. The van der Waals surface area contributed by atoms with E-state index in [4.69, 9.17) is 15.0 Å². The van der Waals surface area contributed by atoms with E-state index in [1.54, 1.807) is 0 Å². The van der Waals surface area contributed by atoms with Crippen molar-refractivity contribution in [2.75, 3.05) is 19.0 Å². The largest absolute Gasteiger partial charge is 0.387 e. The SMILES string of the molecule is CPOC[C@H]1O[C@@H](n2cnc3c(N)ncnc32)C(O)C1O. The van der Waals surface area contributed by atoms with Crippen molar-refractivity contribution in [1.82, 2.24) is 19.5 Å². The van der Waals surface area contributed by atoms with Crippen molar-refractivity contribution in [2.45, 2.75) is 24.5 Å². The number of anilines is 1. The molecule has 2 aromatic rings. The van der Waals surface area contributed by atoms with Crippen molar-refractivity contribution >= 4 is 25.8 Å². The molecule has 1 saturated heterocycles. The molecule has 1 aliphatic rings. The molecule has 1 aliphatic heterocycles. The predicted octanol–water partition coefficient (Wildman–Crippen LogP) is -0.732. The molecule has 0 saturated carbocycles. The second kappa shape index (κ2) is 5.78.